The zero-order valence-corrected chi connectivity index (χ0v) is 21.0. The number of hydrogen-bond acceptors (Lipinski definition) is 3. The standard InChI is InChI=1S/C28H29N5S/c1-17-9-12-25(30-16-17)32-20(4)15-23(21(32)5)27-26(24-8-6-7-13-29-24)31-28(34)33(27)22-11-10-18(2)19(3)14-22/h6-16,26-27H,1-5H3,(H,31,34). The molecule has 1 aliphatic heterocycles. The third-order valence-electron chi connectivity index (χ3n) is 6.78. The lowest BCUT2D eigenvalue weighted by molar-refractivity contribution is 0.565. The first-order valence-corrected chi connectivity index (χ1v) is 12.0. The van der Waals surface area contributed by atoms with Crippen LogP contribution in [0.15, 0.2) is 67.0 Å². The van der Waals surface area contributed by atoms with Crippen molar-refractivity contribution in [2.75, 3.05) is 4.90 Å². The molecule has 6 heteroatoms. The number of benzene rings is 1. The predicted octanol–water partition coefficient (Wildman–Crippen LogP) is 5.99. The molecule has 34 heavy (non-hydrogen) atoms. The van der Waals surface area contributed by atoms with Crippen LogP contribution < -0.4 is 10.2 Å². The summed E-state index contributed by atoms with van der Waals surface area (Å²) in [4.78, 5) is 11.6. The second kappa shape index (κ2) is 8.69. The highest BCUT2D eigenvalue weighted by Gasteiger charge is 2.42. The number of aromatic nitrogens is 3. The smallest absolute Gasteiger partial charge is 0.174 e. The molecule has 0 amide bonds. The molecule has 0 radical (unpaired) electrons. The fourth-order valence-electron chi connectivity index (χ4n) is 4.86. The van der Waals surface area contributed by atoms with E-state index in [2.05, 4.69) is 96.9 Å². The first-order chi connectivity index (χ1) is 16.3. The Morgan fingerprint density at radius 1 is 0.882 bits per heavy atom. The van der Waals surface area contributed by atoms with Gasteiger partial charge in [-0.05, 0) is 105 Å². The molecule has 3 aromatic heterocycles. The summed E-state index contributed by atoms with van der Waals surface area (Å²) in [5, 5.41) is 4.28. The van der Waals surface area contributed by atoms with Gasteiger partial charge in [0.1, 0.15) is 5.82 Å². The highest BCUT2D eigenvalue weighted by Crippen LogP contribution is 2.43. The lowest BCUT2D eigenvalue weighted by Crippen LogP contribution is -2.29. The topological polar surface area (TPSA) is 46.0 Å². The largest absolute Gasteiger partial charge is 0.351 e. The van der Waals surface area contributed by atoms with E-state index in [0.717, 1.165) is 34.2 Å². The molecule has 5 rings (SSSR count). The third kappa shape index (κ3) is 3.78. The molecule has 1 saturated heterocycles. The van der Waals surface area contributed by atoms with Gasteiger partial charge in [-0.3, -0.25) is 4.98 Å². The van der Waals surface area contributed by atoms with E-state index in [-0.39, 0.29) is 12.1 Å². The molecular weight excluding hydrogens is 438 g/mol. The van der Waals surface area contributed by atoms with Crippen LogP contribution in [0.4, 0.5) is 5.69 Å². The minimum atomic E-state index is -0.0739. The van der Waals surface area contributed by atoms with Crippen LogP contribution >= 0.6 is 12.2 Å². The average molecular weight is 468 g/mol. The van der Waals surface area contributed by atoms with Crippen molar-refractivity contribution in [2.45, 2.75) is 46.7 Å². The van der Waals surface area contributed by atoms with Gasteiger partial charge in [0.05, 0.1) is 17.8 Å². The molecule has 1 aromatic carbocycles. The molecule has 0 saturated carbocycles. The van der Waals surface area contributed by atoms with E-state index in [1.54, 1.807) is 0 Å². The maximum atomic E-state index is 5.91. The van der Waals surface area contributed by atoms with Gasteiger partial charge in [-0.1, -0.05) is 18.2 Å². The number of thiocarbonyl (C=S) groups is 1. The van der Waals surface area contributed by atoms with E-state index in [0.29, 0.717) is 5.11 Å². The van der Waals surface area contributed by atoms with Gasteiger partial charge in [-0.25, -0.2) is 4.98 Å². The Kier molecular flexibility index (Phi) is 5.70. The molecular formula is C28H29N5S. The van der Waals surface area contributed by atoms with Gasteiger partial charge in [0.2, 0.25) is 0 Å². The van der Waals surface area contributed by atoms with Crippen LogP contribution in [-0.4, -0.2) is 19.6 Å². The fraction of sp³-hybridized carbons (Fsp3) is 0.250. The highest BCUT2D eigenvalue weighted by molar-refractivity contribution is 7.80. The number of aryl methyl sites for hydroxylation is 4. The van der Waals surface area contributed by atoms with Crippen LogP contribution in [0.3, 0.4) is 0 Å². The molecule has 4 heterocycles. The van der Waals surface area contributed by atoms with E-state index >= 15 is 0 Å². The van der Waals surface area contributed by atoms with Crippen LogP contribution in [-0.2, 0) is 0 Å². The van der Waals surface area contributed by atoms with Crippen molar-refractivity contribution >= 4 is 23.0 Å². The molecule has 1 aliphatic rings. The number of pyridine rings is 2. The normalized spacial score (nSPS) is 17.8. The zero-order chi connectivity index (χ0) is 24.0. The lowest BCUT2D eigenvalue weighted by atomic mass is 9.96. The number of rotatable bonds is 4. The predicted molar refractivity (Wildman–Crippen MR) is 142 cm³/mol. The summed E-state index contributed by atoms with van der Waals surface area (Å²) in [6.45, 7) is 10.6. The molecule has 1 N–H and O–H groups in total. The SMILES string of the molecule is Cc1ccc(-n2c(C)cc(C3C(c4ccccn4)NC(=S)N3c3ccc(C)c(C)c3)c2C)nc1. The third-order valence-corrected chi connectivity index (χ3v) is 7.10. The summed E-state index contributed by atoms with van der Waals surface area (Å²) in [6, 6.07) is 18.9. The molecule has 0 spiro atoms. The molecule has 172 valence electrons. The summed E-state index contributed by atoms with van der Waals surface area (Å²) in [5.74, 6) is 0.924. The first-order valence-electron chi connectivity index (χ1n) is 11.5. The molecule has 0 aliphatic carbocycles. The summed E-state index contributed by atoms with van der Waals surface area (Å²) < 4.78 is 2.23. The quantitative estimate of drug-likeness (QED) is 0.374. The summed E-state index contributed by atoms with van der Waals surface area (Å²) in [7, 11) is 0. The molecule has 2 atom stereocenters. The van der Waals surface area contributed by atoms with Crippen molar-refractivity contribution in [3.63, 3.8) is 0 Å². The summed E-state index contributed by atoms with van der Waals surface area (Å²) >= 11 is 5.91. The Morgan fingerprint density at radius 3 is 2.38 bits per heavy atom. The van der Waals surface area contributed by atoms with E-state index in [1.165, 1.54) is 16.7 Å². The molecule has 2 unspecified atom stereocenters. The summed E-state index contributed by atoms with van der Waals surface area (Å²) in [6.07, 6.45) is 3.76. The van der Waals surface area contributed by atoms with Gasteiger partial charge in [-0.2, -0.15) is 0 Å². The van der Waals surface area contributed by atoms with Crippen molar-refractivity contribution in [2.24, 2.45) is 0 Å². The van der Waals surface area contributed by atoms with Gasteiger partial charge in [0, 0.05) is 29.5 Å². The minimum Gasteiger partial charge on any atom is -0.351 e. The van der Waals surface area contributed by atoms with Crippen LogP contribution in [0.2, 0.25) is 0 Å². The molecule has 4 aromatic rings. The van der Waals surface area contributed by atoms with E-state index in [1.807, 2.05) is 24.5 Å². The van der Waals surface area contributed by atoms with E-state index in [4.69, 9.17) is 17.2 Å². The van der Waals surface area contributed by atoms with Gasteiger partial charge >= 0.3 is 0 Å². The number of nitrogens with one attached hydrogen (secondary N) is 1. The average Bonchev–Trinajstić information content (AvgIpc) is 3.32. The van der Waals surface area contributed by atoms with Gasteiger partial charge in [0.25, 0.3) is 0 Å². The van der Waals surface area contributed by atoms with Gasteiger partial charge in [0.15, 0.2) is 5.11 Å². The van der Waals surface area contributed by atoms with Gasteiger partial charge in [-0.15, -0.1) is 0 Å². The van der Waals surface area contributed by atoms with Crippen LogP contribution in [0.5, 0.6) is 0 Å². The molecule has 0 bridgehead atoms. The Bertz CT molecular complexity index is 1360. The van der Waals surface area contributed by atoms with Crippen molar-refractivity contribution in [3.8, 4) is 5.82 Å². The number of nitrogens with zero attached hydrogens (tertiary/aromatic N) is 4. The Morgan fingerprint density at radius 2 is 1.71 bits per heavy atom. The maximum absolute atomic E-state index is 5.91. The minimum absolute atomic E-state index is 0.0464. The van der Waals surface area contributed by atoms with Crippen LogP contribution in [0, 0.1) is 34.6 Å². The Labute approximate surface area is 206 Å². The van der Waals surface area contributed by atoms with E-state index < -0.39 is 0 Å². The van der Waals surface area contributed by atoms with E-state index in [9.17, 15) is 0 Å². The second-order valence-corrected chi connectivity index (χ2v) is 9.51. The molecule has 5 nitrogen and oxygen atoms in total. The summed E-state index contributed by atoms with van der Waals surface area (Å²) in [5.41, 5.74) is 9.22. The van der Waals surface area contributed by atoms with Crippen molar-refractivity contribution in [3.05, 3.63) is 106 Å². The monoisotopic (exact) mass is 467 g/mol. The fourth-order valence-corrected chi connectivity index (χ4v) is 5.20. The van der Waals surface area contributed by atoms with Crippen molar-refractivity contribution in [1.82, 2.24) is 19.9 Å². The van der Waals surface area contributed by atoms with Crippen molar-refractivity contribution in [1.29, 1.82) is 0 Å². The highest BCUT2D eigenvalue weighted by atomic mass is 32.1. The maximum Gasteiger partial charge on any atom is 0.174 e. The van der Waals surface area contributed by atoms with Crippen molar-refractivity contribution < 1.29 is 0 Å². The zero-order valence-electron chi connectivity index (χ0n) is 20.2. The Balaban J connectivity index is 1.68. The number of hydrogen-bond donors (Lipinski definition) is 1. The second-order valence-electron chi connectivity index (χ2n) is 9.12. The first kappa shape index (κ1) is 22.3. The lowest BCUT2D eigenvalue weighted by Gasteiger charge is -2.28. The molecule has 1 fully saturated rings. The number of anilines is 1. The van der Waals surface area contributed by atoms with Crippen LogP contribution in [0.1, 0.15) is 51.4 Å². The van der Waals surface area contributed by atoms with Gasteiger partial charge < -0.3 is 14.8 Å². The van der Waals surface area contributed by atoms with Crippen LogP contribution in [0.25, 0.3) is 5.82 Å². The Hall–Kier alpha value is -3.51.